The second kappa shape index (κ2) is 11.5. The largest absolute Gasteiger partial charge is 0.364 e. The molecule has 2 aromatic rings. The van der Waals surface area contributed by atoms with E-state index in [9.17, 15) is 4.79 Å². The molecule has 0 unspecified atom stereocenters. The van der Waals surface area contributed by atoms with Crippen LogP contribution in [-0.2, 0) is 17.8 Å². The van der Waals surface area contributed by atoms with Gasteiger partial charge in [-0.2, -0.15) is 0 Å². The number of anilines is 1. The Hall–Kier alpha value is -2.14. The van der Waals surface area contributed by atoms with Crippen LogP contribution < -0.4 is 10.2 Å². The van der Waals surface area contributed by atoms with Gasteiger partial charge in [-0.25, -0.2) is 0 Å². The predicted molar refractivity (Wildman–Crippen MR) is 132 cm³/mol. The van der Waals surface area contributed by atoms with Crippen molar-refractivity contribution in [3.63, 3.8) is 0 Å². The lowest BCUT2D eigenvalue weighted by Crippen LogP contribution is -2.52. The van der Waals surface area contributed by atoms with E-state index in [1.165, 1.54) is 5.56 Å². The summed E-state index contributed by atoms with van der Waals surface area (Å²) >= 11 is 0. The third-order valence-electron chi connectivity index (χ3n) is 5.80. The van der Waals surface area contributed by atoms with Crippen LogP contribution >= 0.6 is 24.0 Å². The molecule has 1 saturated heterocycles. The summed E-state index contributed by atoms with van der Waals surface area (Å²) in [5.41, 5.74) is 3.32. The van der Waals surface area contributed by atoms with E-state index >= 15 is 0 Å². The zero-order chi connectivity index (χ0) is 20.8. The van der Waals surface area contributed by atoms with Crippen molar-refractivity contribution in [2.24, 2.45) is 4.99 Å². The highest BCUT2D eigenvalue weighted by Gasteiger charge is 2.24. The standard InChI is InChI=1S/C22H30N6O2.HI/c1-23-22(27-14-12-26(13-15-27)17-19-9-16-30-25-19)24-10-4-7-21(29)28-11-8-18-5-2-3-6-20(18)28;/h2-3,5-6,9,16H,4,7-8,10-15,17H2,1H3,(H,23,24);1H. The molecule has 1 fully saturated rings. The van der Waals surface area contributed by atoms with Gasteiger partial charge in [0.2, 0.25) is 5.91 Å². The van der Waals surface area contributed by atoms with Crippen LogP contribution in [0.15, 0.2) is 46.1 Å². The number of aliphatic imine (C=N–C) groups is 1. The molecule has 0 atom stereocenters. The molecule has 1 aromatic heterocycles. The number of piperazine rings is 1. The third kappa shape index (κ3) is 5.97. The van der Waals surface area contributed by atoms with Gasteiger partial charge in [-0.1, -0.05) is 23.4 Å². The predicted octanol–water partition coefficient (Wildman–Crippen LogP) is 2.36. The minimum atomic E-state index is 0. The first-order valence-electron chi connectivity index (χ1n) is 10.7. The van der Waals surface area contributed by atoms with Crippen LogP contribution in [-0.4, -0.2) is 73.1 Å². The van der Waals surface area contributed by atoms with Gasteiger partial charge < -0.3 is 19.6 Å². The molecule has 3 heterocycles. The molecule has 8 nitrogen and oxygen atoms in total. The van der Waals surface area contributed by atoms with Crippen molar-refractivity contribution in [2.75, 3.05) is 51.2 Å². The summed E-state index contributed by atoms with van der Waals surface area (Å²) in [6.07, 6.45) is 3.91. The molecule has 1 N–H and O–H groups in total. The van der Waals surface area contributed by atoms with Gasteiger partial charge >= 0.3 is 0 Å². The minimum absolute atomic E-state index is 0. The van der Waals surface area contributed by atoms with Crippen molar-refractivity contribution in [1.82, 2.24) is 20.3 Å². The Labute approximate surface area is 200 Å². The first-order valence-corrected chi connectivity index (χ1v) is 10.7. The smallest absolute Gasteiger partial charge is 0.227 e. The first kappa shape index (κ1) is 23.5. The highest BCUT2D eigenvalue weighted by Crippen LogP contribution is 2.27. The summed E-state index contributed by atoms with van der Waals surface area (Å²) in [5, 5.41) is 7.41. The Bertz CT molecular complexity index is 865. The van der Waals surface area contributed by atoms with Crippen LogP contribution in [0.1, 0.15) is 24.1 Å². The number of amides is 1. The SMILES string of the molecule is CN=C(NCCCC(=O)N1CCc2ccccc21)N1CCN(Cc2ccon2)CC1.I. The summed E-state index contributed by atoms with van der Waals surface area (Å²) in [6, 6.07) is 10.1. The highest BCUT2D eigenvalue weighted by atomic mass is 127. The van der Waals surface area contributed by atoms with Crippen LogP contribution in [0.4, 0.5) is 5.69 Å². The maximum Gasteiger partial charge on any atom is 0.227 e. The molecule has 168 valence electrons. The number of carbonyl (C=O) groups excluding carboxylic acids is 1. The van der Waals surface area contributed by atoms with E-state index < -0.39 is 0 Å². The molecular formula is C22H31IN6O2. The molecule has 1 aromatic carbocycles. The monoisotopic (exact) mass is 538 g/mol. The fraction of sp³-hybridized carbons (Fsp3) is 0.500. The van der Waals surface area contributed by atoms with Gasteiger partial charge in [0.25, 0.3) is 0 Å². The normalized spacial score (nSPS) is 16.7. The number of rotatable bonds is 6. The van der Waals surface area contributed by atoms with Crippen molar-refractivity contribution in [2.45, 2.75) is 25.8 Å². The zero-order valence-electron chi connectivity index (χ0n) is 18.0. The van der Waals surface area contributed by atoms with E-state index in [1.54, 1.807) is 6.26 Å². The van der Waals surface area contributed by atoms with Crippen molar-refractivity contribution >= 4 is 41.5 Å². The van der Waals surface area contributed by atoms with Crippen molar-refractivity contribution < 1.29 is 9.32 Å². The van der Waals surface area contributed by atoms with Gasteiger partial charge in [0.05, 0.1) is 5.69 Å². The van der Waals surface area contributed by atoms with E-state index in [0.29, 0.717) is 6.42 Å². The Morgan fingerprint density at radius 3 is 2.71 bits per heavy atom. The average Bonchev–Trinajstić information content (AvgIpc) is 3.44. The number of halogens is 1. The molecule has 2 aliphatic rings. The molecule has 0 spiro atoms. The number of aromatic nitrogens is 1. The molecule has 9 heteroatoms. The Morgan fingerprint density at radius 2 is 1.97 bits per heavy atom. The lowest BCUT2D eigenvalue weighted by atomic mass is 10.2. The van der Waals surface area contributed by atoms with E-state index in [4.69, 9.17) is 4.52 Å². The number of fused-ring (bicyclic) bond motifs is 1. The quantitative estimate of drug-likeness (QED) is 0.264. The number of hydrogen-bond acceptors (Lipinski definition) is 5. The Morgan fingerprint density at radius 1 is 1.16 bits per heavy atom. The zero-order valence-corrected chi connectivity index (χ0v) is 20.3. The van der Waals surface area contributed by atoms with Gasteiger partial charge in [0.1, 0.15) is 6.26 Å². The molecule has 0 radical (unpaired) electrons. The van der Waals surface area contributed by atoms with Crippen molar-refractivity contribution in [1.29, 1.82) is 0 Å². The molecule has 0 bridgehead atoms. The van der Waals surface area contributed by atoms with Gasteiger partial charge in [-0.15, -0.1) is 24.0 Å². The number of para-hydroxylation sites is 1. The van der Waals surface area contributed by atoms with Crippen LogP contribution in [0.25, 0.3) is 0 Å². The second-order valence-electron chi connectivity index (χ2n) is 7.76. The molecule has 31 heavy (non-hydrogen) atoms. The summed E-state index contributed by atoms with van der Waals surface area (Å²) in [4.78, 5) is 23.6. The number of nitrogens with one attached hydrogen (secondary N) is 1. The van der Waals surface area contributed by atoms with Gasteiger partial charge in [0.15, 0.2) is 5.96 Å². The number of nitrogens with zero attached hydrogens (tertiary/aromatic N) is 5. The summed E-state index contributed by atoms with van der Waals surface area (Å²) in [7, 11) is 1.82. The number of benzene rings is 1. The van der Waals surface area contributed by atoms with Crippen LogP contribution in [0.5, 0.6) is 0 Å². The van der Waals surface area contributed by atoms with Crippen LogP contribution in [0.2, 0.25) is 0 Å². The first-order chi connectivity index (χ1) is 14.7. The summed E-state index contributed by atoms with van der Waals surface area (Å²) in [5.74, 6) is 1.12. The Kier molecular flexibility index (Phi) is 8.70. The van der Waals surface area contributed by atoms with Gasteiger partial charge in [-0.3, -0.25) is 14.7 Å². The average molecular weight is 538 g/mol. The molecule has 1 amide bonds. The van der Waals surface area contributed by atoms with E-state index in [2.05, 4.69) is 31.3 Å². The lowest BCUT2D eigenvalue weighted by Gasteiger charge is -2.36. The molecule has 2 aliphatic heterocycles. The van der Waals surface area contributed by atoms with Crippen molar-refractivity contribution in [3.05, 3.63) is 47.9 Å². The Balaban J connectivity index is 0.00000272. The maximum absolute atomic E-state index is 12.6. The summed E-state index contributed by atoms with van der Waals surface area (Å²) < 4.78 is 4.91. The van der Waals surface area contributed by atoms with E-state index in [0.717, 1.165) is 76.0 Å². The molecule has 0 aliphatic carbocycles. The van der Waals surface area contributed by atoms with Crippen molar-refractivity contribution in [3.8, 4) is 0 Å². The third-order valence-corrected chi connectivity index (χ3v) is 5.80. The summed E-state index contributed by atoms with van der Waals surface area (Å²) in [6.45, 7) is 6.11. The van der Waals surface area contributed by atoms with E-state index in [-0.39, 0.29) is 29.9 Å². The van der Waals surface area contributed by atoms with E-state index in [1.807, 2.05) is 36.2 Å². The molecule has 4 rings (SSSR count). The van der Waals surface area contributed by atoms with Gasteiger partial charge in [-0.05, 0) is 24.5 Å². The topological polar surface area (TPSA) is 77.2 Å². The number of hydrogen-bond donors (Lipinski definition) is 1. The number of carbonyl (C=O) groups is 1. The maximum atomic E-state index is 12.6. The number of guanidine groups is 1. The molecule has 0 saturated carbocycles. The molecular weight excluding hydrogens is 507 g/mol. The van der Waals surface area contributed by atoms with Crippen LogP contribution in [0.3, 0.4) is 0 Å². The van der Waals surface area contributed by atoms with Crippen LogP contribution in [0, 0.1) is 0 Å². The minimum Gasteiger partial charge on any atom is -0.364 e. The lowest BCUT2D eigenvalue weighted by molar-refractivity contribution is -0.118. The second-order valence-corrected chi connectivity index (χ2v) is 7.76. The van der Waals surface area contributed by atoms with Gasteiger partial charge in [0, 0.05) is 71.0 Å². The fourth-order valence-corrected chi connectivity index (χ4v) is 4.17. The fourth-order valence-electron chi connectivity index (χ4n) is 4.17. The highest BCUT2D eigenvalue weighted by molar-refractivity contribution is 14.0.